The summed E-state index contributed by atoms with van der Waals surface area (Å²) in [5.41, 5.74) is 3.02. The minimum absolute atomic E-state index is 0.0581. The van der Waals surface area contributed by atoms with Gasteiger partial charge in [-0.15, -0.1) is 0 Å². The van der Waals surface area contributed by atoms with E-state index in [0.29, 0.717) is 22.1 Å². The van der Waals surface area contributed by atoms with E-state index in [9.17, 15) is 9.59 Å². The fourth-order valence-corrected chi connectivity index (χ4v) is 3.62. The van der Waals surface area contributed by atoms with E-state index in [1.54, 1.807) is 4.57 Å². The molecule has 0 aliphatic carbocycles. The van der Waals surface area contributed by atoms with Gasteiger partial charge in [0.25, 0.3) is 11.5 Å². The van der Waals surface area contributed by atoms with Crippen molar-refractivity contribution < 1.29 is 4.79 Å². The summed E-state index contributed by atoms with van der Waals surface area (Å²) in [5.74, 6) is -0.137. The number of amides is 1. The van der Waals surface area contributed by atoms with Gasteiger partial charge in [0.1, 0.15) is 0 Å². The number of unbranched alkanes of at least 4 members (excludes halogenated alkanes) is 1. The van der Waals surface area contributed by atoms with Gasteiger partial charge < -0.3 is 9.88 Å². The lowest BCUT2D eigenvalue weighted by Gasteiger charge is -2.21. The zero-order valence-corrected chi connectivity index (χ0v) is 17.5. The lowest BCUT2D eigenvalue weighted by molar-refractivity contribution is 0.0933. The van der Waals surface area contributed by atoms with Gasteiger partial charge in [-0.3, -0.25) is 9.59 Å². The third kappa shape index (κ3) is 4.26. The molecular formula is C21H27BrN2O2. The molecule has 1 aromatic carbocycles. The molecule has 2 rings (SSSR count). The monoisotopic (exact) mass is 418 g/mol. The minimum Gasteiger partial charge on any atom is -0.345 e. The highest BCUT2D eigenvalue weighted by Gasteiger charge is 2.22. The summed E-state index contributed by atoms with van der Waals surface area (Å²) < 4.78 is 2.18. The van der Waals surface area contributed by atoms with Gasteiger partial charge in [0.2, 0.25) is 0 Å². The van der Waals surface area contributed by atoms with E-state index in [2.05, 4.69) is 35.1 Å². The van der Waals surface area contributed by atoms with E-state index in [1.165, 1.54) is 0 Å². The number of rotatable bonds is 7. The number of carbonyl (C=O) groups is 1. The third-order valence-electron chi connectivity index (χ3n) is 4.78. The van der Waals surface area contributed by atoms with Crippen molar-refractivity contribution in [2.24, 2.45) is 0 Å². The predicted molar refractivity (Wildman–Crippen MR) is 110 cm³/mol. The molecule has 0 bridgehead atoms. The van der Waals surface area contributed by atoms with Crippen LogP contribution in [0.5, 0.6) is 0 Å². The minimum atomic E-state index is -0.137. The normalized spacial score (nSPS) is 12.0. The van der Waals surface area contributed by atoms with Crippen molar-refractivity contribution in [2.75, 3.05) is 0 Å². The molecule has 0 fully saturated rings. The van der Waals surface area contributed by atoms with Gasteiger partial charge in [-0.2, -0.15) is 0 Å². The molecule has 140 valence electrons. The van der Waals surface area contributed by atoms with Gasteiger partial charge in [0, 0.05) is 12.2 Å². The third-order valence-corrected chi connectivity index (χ3v) is 5.72. The molecule has 1 amide bonds. The van der Waals surface area contributed by atoms with Crippen molar-refractivity contribution in [3.63, 3.8) is 0 Å². The number of nitrogens with one attached hydrogen (secondary N) is 1. The van der Waals surface area contributed by atoms with Crippen molar-refractivity contribution in [1.29, 1.82) is 0 Å². The second-order valence-corrected chi connectivity index (χ2v) is 7.35. The van der Waals surface area contributed by atoms with Gasteiger partial charge in [0.05, 0.1) is 16.1 Å². The fraction of sp³-hybridized carbons (Fsp3) is 0.429. The smallest absolute Gasteiger partial charge is 0.265 e. The number of hydrogen-bond donors (Lipinski definition) is 1. The lowest BCUT2D eigenvalue weighted by atomic mass is 10.0. The van der Waals surface area contributed by atoms with Crippen LogP contribution in [-0.2, 0) is 6.54 Å². The Hall–Kier alpha value is -1.88. The van der Waals surface area contributed by atoms with E-state index in [0.717, 1.165) is 30.5 Å². The highest BCUT2D eigenvalue weighted by atomic mass is 79.9. The Bertz CT molecular complexity index is 828. The maximum Gasteiger partial charge on any atom is 0.265 e. The molecule has 0 aliphatic heterocycles. The summed E-state index contributed by atoms with van der Waals surface area (Å²) in [5, 5.41) is 3.14. The van der Waals surface area contributed by atoms with E-state index >= 15 is 0 Å². The van der Waals surface area contributed by atoms with Crippen LogP contribution in [0, 0.1) is 13.8 Å². The number of carbonyl (C=O) groups excluding carboxylic acids is 1. The van der Waals surface area contributed by atoms with Crippen molar-refractivity contribution in [3.8, 4) is 0 Å². The Labute approximate surface area is 163 Å². The number of nitrogens with zero attached hydrogens (tertiary/aromatic N) is 1. The average Bonchev–Trinajstić information content (AvgIpc) is 2.65. The number of benzene rings is 1. The van der Waals surface area contributed by atoms with Crippen LogP contribution in [0.1, 0.15) is 66.3 Å². The van der Waals surface area contributed by atoms with E-state index in [1.807, 2.05) is 44.2 Å². The van der Waals surface area contributed by atoms with Gasteiger partial charge >= 0.3 is 0 Å². The molecule has 1 aromatic heterocycles. The average molecular weight is 419 g/mol. The molecule has 1 atom stereocenters. The summed E-state index contributed by atoms with van der Waals surface area (Å²) in [6.45, 7) is 8.44. The Balaban J connectivity index is 2.42. The summed E-state index contributed by atoms with van der Waals surface area (Å²) in [6.07, 6.45) is 2.69. The van der Waals surface area contributed by atoms with Crippen LogP contribution in [0.3, 0.4) is 0 Å². The first kappa shape index (κ1) is 20.4. The number of hydrogen-bond acceptors (Lipinski definition) is 2. The number of halogens is 1. The van der Waals surface area contributed by atoms with Gasteiger partial charge in [0.15, 0.2) is 0 Å². The first-order chi connectivity index (χ1) is 12.4. The maximum absolute atomic E-state index is 13.1. The molecule has 26 heavy (non-hydrogen) atoms. The summed E-state index contributed by atoms with van der Waals surface area (Å²) >= 11 is 3.39. The Morgan fingerprint density at radius 1 is 1.19 bits per heavy atom. The molecule has 0 saturated heterocycles. The predicted octanol–water partition coefficient (Wildman–Crippen LogP) is 4.91. The molecule has 0 unspecified atom stereocenters. The Morgan fingerprint density at radius 2 is 1.85 bits per heavy atom. The zero-order valence-electron chi connectivity index (χ0n) is 15.9. The first-order valence-electron chi connectivity index (χ1n) is 9.17. The first-order valence-corrected chi connectivity index (χ1v) is 9.96. The quantitative estimate of drug-likeness (QED) is 0.694. The summed E-state index contributed by atoms with van der Waals surface area (Å²) in [7, 11) is 0. The second kappa shape index (κ2) is 9.17. The highest BCUT2D eigenvalue weighted by Crippen LogP contribution is 2.22. The molecule has 0 radical (unpaired) electrons. The maximum atomic E-state index is 13.1. The molecule has 1 N–H and O–H groups in total. The van der Waals surface area contributed by atoms with Crippen LogP contribution in [0.15, 0.2) is 39.6 Å². The van der Waals surface area contributed by atoms with Crippen LogP contribution >= 0.6 is 15.9 Å². The zero-order chi connectivity index (χ0) is 19.3. The largest absolute Gasteiger partial charge is 0.345 e. The molecule has 0 aliphatic rings. The molecule has 5 heteroatoms. The van der Waals surface area contributed by atoms with Gasteiger partial charge in [-0.25, -0.2) is 0 Å². The second-order valence-electron chi connectivity index (χ2n) is 6.55. The van der Waals surface area contributed by atoms with Crippen molar-refractivity contribution >= 4 is 21.8 Å². The van der Waals surface area contributed by atoms with Crippen LogP contribution < -0.4 is 10.9 Å². The molecule has 1 heterocycles. The SMILES string of the molecule is CCCCn1c(C)c(C(=O)N[C@@H](CC)c2ccccc2)c(C)c(Br)c1=O. The van der Waals surface area contributed by atoms with E-state index < -0.39 is 0 Å². The topological polar surface area (TPSA) is 51.1 Å². The van der Waals surface area contributed by atoms with E-state index in [4.69, 9.17) is 0 Å². The van der Waals surface area contributed by atoms with Crippen LogP contribution in [-0.4, -0.2) is 10.5 Å². The fourth-order valence-electron chi connectivity index (χ4n) is 3.20. The van der Waals surface area contributed by atoms with Crippen molar-refractivity contribution in [1.82, 2.24) is 9.88 Å². The van der Waals surface area contributed by atoms with Gasteiger partial charge in [-0.05, 0) is 53.7 Å². The molecule has 4 nitrogen and oxygen atoms in total. The lowest BCUT2D eigenvalue weighted by Crippen LogP contribution is -2.33. The standard InChI is InChI=1S/C21H27BrN2O2/c1-5-7-13-24-15(4)18(14(3)19(22)21(24)26)20(25)23-17(6-2)16-11-9-8-10-12-16/h8-12,17H,5-7,13H2,1-4H3,(H,23,25)/t17-/m0/s1. The molecular weight excluding hydrogens is 392 g/mol. The van der Waals surface area contributed by atoms with Gasteiger partial charge in [-0.1, -0.05) is 50.6 Å². The summed E-state index contributed by atoms with van der Waals surface area (Å²) in [6, 6.07) is 9.90. The molecule has 0 saturated carbocycles. The van der Waals surface area contributed by atoms with Crippen molar-refractivity contribution in [3.05, 3.63) is 67.5 Å². The number of aromatic nitrogens is 1. The number of pyridine rings is 1. The van der Waals surface area contributed by atoms with Crippen LogP contribution in [0.2, 0.25) is 0 Å². The molecule has 0 spiro atoms. The Morgan fingerprint density at radius 3 is 2.42 bits per heavy atom. The van der Waals surface area contributed by atoms with Crippen molar-refractivity contribution in [2.45, 2.75) is 59.5 Å². The Kier molecular flexibility index (Phi) is 7.21. The van der Waals surface area contributed by atoms with Crippen LogP contribution in [0.25, 0.3) is 0 Å². The molecule has 2 aromatic rings. The van der Waals surface area contributed by atoms with Crippen LogP contribution in [0.4, 0.5) is 0 Å². The summed E-state index contributed by atoms with van der Waals surface area (Å²) in [4.78, 5) is 25.6. The van der Waals surface area contributed by atoms with E-state index in [-0.39, 0.29) is 17.5 Å². The highest BCUT2D eigenvalue weighted by molar-refractivity contribution is 9.10.